The van der Waals surface area contributed by atoms with Crippen LogP contribution < -0.4 is 4.87 Å². The number of hydrogen-bond donors (Lipinski definition) is 0. The second kappa shape index (κ2) is 4.72. The van der Waals surface area contributed by atoms with Gasteiger partial charge in [-0.1, -0.05) is 11.3 Å². The maximum Gasteiger partial charge on any atom is 0.307 e. The summed E-state index contributed by atoms with van der Waals surface area (Å²) < 4.78 is 11.8. The van der Waals surface area contributed by atoms with Crippen molar-refractivity contribution in [2.45, 2.75) is 26.7 Å². The fraction of sp³-hybridized carbons (Fsp3) is 0.667. The van der Waals surface area contributed by atoms with Crippen LogP contribution in [0.1, 0.15) is 10.6 Å². The van der Waals surface area contributed by atoms with E-state index >= 15 is 0 Å². The molecule has 0 aliphatic rings. The number of rotatable bonds is 4. The fourth-order valence-corrected chi connectivity index (χ4v) is 2.03. The molecule has 0 N–H and O–H groups in total. The van der Waals surface area contributed by atoms with E-state index in [0.717, 1.165) is 10.6 Å². The van der Waals surface area contributed by atoms with Gasteiger partial charge in [0.05, 0.1) is 6.54 Å². The van der Waals surface area contributed by atoms with Gasteiger partial charge in [0, 0.05) is 24.8 Å². The van der Waals surface area contributed by atoms with Crippen LogP contribution >= 0.6 is 11.3 Å². The SMILES string of the molecule is COC(Cn1c(C)c(C)sc1=O)OC. The van der Waals surface area contributed by atoms with Crippen LogP contribution in [0.15, 0.2) is 4.79 Å². The lowest BCUT2D eigenvalue weighted by atomic mass is 10.4. The third-order valence-corrected chi connectivity index (χ3v) is 3.23. The molecule has 80 valence electrons. The van der Waals surface area contributed by atoms with Gasteiger partial charge in [-0.2, -0.15) is 0 Å². The number of aromatic nitrogens is 1. The highest BCUT2D eigenvalue weighted by atomic mass is 32.1. The average molecular weight is 217 g/mol. The van der Waals surface area contributed by atoms with Crippen LogP contribution in [0.3, 0.4) is 0 Å². The molecule has 0 aliphatic heterocycles. The Kier molecular flexibility index (Phi) is 3.86. The molecule has 1 aromatic heterocycles. The molecule has 1 rings (SSSR count). The molecule has 0 radical (unpaired) electrons. The lowest BCUT2D eigenvalue weighted by Gasteiger charge is -2.14. The summed E-state index contributed by atoms with van der Waals surface area (Å²) in [6.45, 7) is 4.31. The number of methoxy groups -OCH3 is 2. The third kappa shape index (κ3) is 2.23. The zero-order valence-electron chi connectivity index (χ0n) is 8.86. The molecule has 0 atom stereocenters. The van der Waals surface area contributed by atoms with Gasteiger partial charge < -0.3 is 9.47 Å². The van der Waals surface area contributed by atoms with Crippen molar-refractivity contribution < 1.29 is 9.47 Å². The lowest BCUT2D eigenvalue weighted by molar-refractivity contribution is -0.111. The van der Waals surface area contributed by atoms with E-state index in [2.05, 4.69) is 0 Å². The van der Waals surface area contributed by atoms with Gasteiger partial charge in [0.15, 0.2) is 6.29 Å². The van der Waals surface area contributed by atoms with E-state index in [1.807, 2.05) is 13.8 Å². The van der Waals surface area contributed by atoms with Gasteiger partial charge in [-0.05, 0) is 13.8 Å². The quantitative estimate of drug-likeness (QED) is 0.710. The third-order valence-electron chi connectivity index (χ3n) is 2.23. The van der Waals surface area contributed by atoms with E-state index in [0.29, 0.717) is 6.54 Å². The number of aryl methyl sites for hydroxylation is 1. The Morgan fingerprint density at radius 3 is 2.29 bits per heavy atom. The lowest BCUT2D eigenvalue weighted by Crippen LogP contribution is -2.26. The van der Waals surface area contributed by atoms with E-state index in [1.54, 1.807) is 18.8 Å². The van der Waals surface area contributed by atoms with Crippen LogP contribution in [-0.2, 0) is 16.0 Å². The second-order valence-electron chi connectivity index (χ2n) is 3.02. The Morgan fingerprint density at radius 1 is 1.36 bits per heavy atom. The topological polar surface area (TPSA) is 40.5 Å². The first-order valence-electron chi connectivity index (χ1n) is 4.32. The Morgan fingerprint density at radius 2 is 1.93 bits per heavy atom. The summed E-state index contributed by atoms with van der Waals surface area (Å²) in [4.78, 5) is 12.6. The molecule has 0 aliphatic carbocycles. The summed E-state index contributed by atoms with van der Waals surface area (Å²) in [7, 11) is 3.13. The van der Waals surface area contributed by atoms with Crippen LogP contribution in [0.5, 0.6) is 0 Å². The van der Waals surface area contributed by atoms with Gasteiger partial charge in [-0.15, -0.1) is 0 Å². The van der Waals surface area contributed by atoms with E-state index in [9.17, 15) is 4.79 Å². The molecular weight excluding hydrogens is 202 g/mol. The molecule has 14 heavy (non-hydrogen) atoms. The normalized spacial score (nSPS) is 11.2. The van der Waals surface area contributed by atoms with Gasteiger partial charge in [0.25, 0.3) is 0 Å². The van der Waals surface area contributed by atoms with E-state index in [-0.39, 0.29) is 11.2 Å². The number of hydrogen-bond acceptors (Lipinski definition) is 4. The Hall–Kier alpha value is -0.650. The molecule has 0 spiro atoms. The van der Waals surface area contributed by atoms with Crippen molar-refractivity contribution in [1.82, 2.24) is 4.57 Å². The predicted octanol–water partition coefficient (Wildman–Crippen LogP) is 1.15. The van der Waals surface area contributed by atoms with Crippen LogP contribution in [-0.4, -0.2) is 25.1 Å². The maximum atomic E-state index is 11.5. The Bertz CT molecular complexity index is 351. The van der Waals surface area contributed by atoms with Crippen LogP contribution in [0, 0.1) is 13.8 Å². The van der Waals surface area contributed by atoms with Crippen LogP contribution in [0.2, 0.25) is 0 Å². The molecule has 1 heterocycles. The largest absolute Gasteiger partial charge is 0.354 e. The summed E-state index contributed by atoms with van der Waals surface area (Å²) in [5.41, 5.74) is 0.985. The first-order chi connectivity index (χ1) is 6.60. The minimum atomic E-state index is -0.361. The molecule has 0 amide bonds. The van der Waals surface area contributed by atoms with Gasteiger partial charge >= 0.3 is 4.87 Å². The minimum absolute atomic E-state index is 0.0408. The van der Waals surface area contributed by atoms with Crippen molar-refractivity contribution in [3.05, 3.63) is 20.2 Å². The van der Waals surface area contributed by atoms with Crippen LogP contribution in [0.4, 0.5) is 0 Å². The fourth-order valence-electron chi connectivity index (χ4n) is 1.19. The molecule has 1 aromatic rings. The molecule has 4 nitrogen and oxygen atoms in total. The van der Waals surface area contributed by atoms with Crippen molar-refractivity contribution in [3.8, 4) is 0 Å². The van der Waals surface area contributed by atoms with Crippen molar-refractivity contribution in [1.29, 1.82) is 0 Å². The Labute approximate surface area is 87.1 Å². The van der Waals surface area contributed by atoms with Crippen molar-refractivity contribution in [2.24, 2.45) is 0 Å². The van der Waals surface area contributed by atoms with Gasteiger partial charge in [0.1, 0.15) is 0 Å². The molecule has 0 unspecified atom stereocenters. The van der Waals surface area contributed by atoms with E-state index in [1.165, 1.54) is 11.3 Å². The van der Waals surface area contributed by atoms with Gasteiger partial charge in [-0.25, -0.2) is 0 Å². The number of thiazole rings is 1. The first kappa shape index (κ1) is 11.4. The molecule has 0 saturated carbocycles. The summed E-state index contributed by atoms with van der Waals surface area (Å²) in [6.07, 6.45) is -0.361. The molecule has 0 saturated heterocycles. The first-order valence-corrected chi connectivity index (χ1v) is 5.14. The number of nitrogens with zero attached hydrogens (tertiary/aromatic N) is 1. The van der Waals surface area contributed by atoms with Gasteiger partial charge in [0.2, 0.25) is 0 Å². The standard InChI is InChI=1S/C9H15NO3S/c1-6-7(2)14-9(11)10(6)5-8(12-3)13-4/h8H,5H2,1-4H3. The smallest absolute Gasteiger partial charge is 0.307 e. The van der Waals surface area contributed by atoms with Gasteiger partial charge in [-0.3, -0.25) is 9.36 Å². The summed E-state index contributed by atoms with van der Waals surface area (Å²) >= 11 is 1.26. The highest BCUT2D eigenvalue weighted by Crippen LogP contribution is 2.10. The van der Waals surface area contributed by atoms with Crippen molar-refractivity contribution in [3.63, 3.8) is 0 Å². The van der Waals surface area contributed by atoms with E-state index < -0.39 is 0 Å². The summed E-state index contributed by atoms with van der Waals surface area (Å²) in [6, 6.07) is 0. The Balaban J connectivity index is 2.90. The van der Waals surface area contributed by atoms with Crippen molar-refractivity contribution in [2.75, 3.05) is 14.2 Å². The highest BCUT2D eigenvalue weighted by Gasteiger charge is 2.12. The van der Waals surface area contributed by atoms with Crippen LogP contribution in [0.25, 0.3) is 0 Å². The average Bonchev–Trinajstić information content (AvgIpc) is 2.40. The molecule has 0 bridgehead atoms. The summed E-state index contributed by atoms with van der Waals surface area (Å²) in [5.74, 6) is 0. The van der Waals surface area contributed by atoms with Crippen molar-refractivity contribution >= 4 is 11.3 Å². The van der Waals surface area contributed by atoms with E-state index in [4.69, 9.17) is 9.47 Å². The molecule has 0 fully saturated rings. The minimum Gasteiger partial charge on any atom is -0.354 e. The zero-order chi connectivity index (χ0) is 10.7. The maximum absolute atomic E-state index is 11.5. The predicted molar refractivity (Wildman–Crippen MR) is 55.9 cm³/mol. The molecular formula is C9H15NO3S. The number of ether oxygens (including phenoxy) is 2. The zero-order valence-corrected chi connectivity index (χ0v) is 9.68. The molecule has 5 heteroatoms. The second-order valence-corrected chi connectivity index (χ2v) is 4.19. The highest BCUT2D eigenvalue weighted by molar-refractivity contribution is 7.09. The molecule has 0 aromatic carbocycles. The summed E-state index contributed by atoms with van der Waals surface area (Å²) in [5, 5.41) is 0. The monoisotopic (exact) mass is 217 g/mol.